The van der Waals surface area contributed by atoms with Gasteiger partial charge in [0.05, 0.1) is 0 Å². The second-order valence-corrected chi connectivity index (χ2v) is 8.23. The smallest absolute Gasteiger partial charge is 0.0385 e. The van der Waals surface area contributed by atoms with Gasteiger partial charge in [-0.3, -0.25) is 0 Å². The number of hydrogen-bond acceptors (Lipinski definition) is 1. The Hall–Kier alpha value is -2.54. The van der Waals surface area contributed by atoms with E-state index in [9.17, 15) is 0 Å². The van der Waals surface area contributed by atoms with E-state index in [2.05, 4.69) is 79.9 Å². The molecule has 2 aromatic carbocycles. The van der Waals surface area contributed by atoms with Crippen molar-refractivity contribution < 1.29 is 0 Å². The molecule has 0 aliphatic heterocycles. The average Bonchev–Trinajstić information content (AvgIpc) is 2.89. The van der Waals surface area contributed by atoms with E-state index in [4.69, 9.17) is 0 Å². The molecule has 1 nitrogen and oxygen atoms in total. The number of hydrogen-bond donors (Lipinski definition) is 1. The maximum absolute atomic E-state index is 3.70. The SMILES string of the molecule is CC1(C)c2ccccc2-c2ccc(NC3=CC4=C(CCC=C4)CC3)cc21. The minimum atomic E-state index is 0.0619. The topological polar surface area (TPSA) is 12.0 Å². The maximum atomic E-state index is 3.70. The zero-order valence-electron chi connectivity index (χ0n) is 15.6. The van der Waals surface area contributed by atoms with Gasteiger partial charge in [0.15, 0.2) is 0 Å². The zero-order chi connectivity index (χ0) is 17.7. The van der Waals surface area contributed by atoms with Crippen molar-refractivity contribution in [2.24, 2.45) is 0 Å². The fourth-order valence-corrected chi connectivity index (χ4v) is 4.76. The molecular weight excluding hydrogens is 314 g/mol. The van der Waals surface area contributed by atoms with Crippen LogP contribution in [0.3, 0.4) is 0 Å². The number of nitrogens with one attached hydrogen (secondary N) is 1. The largest absolute Gasteiger partial charge is 0.359 e. The van der Waals surface area contributed by atoms with Gasteiger partial charge in [0.2, 0.25) is 0 Å². The van der Waals surface area contributed by atoms with E-state index in [1.54, 1.807) is 5.57 Å². The minimum absolute atomic E-state index is 0.0619. The van der Waals surface area contributed by atoms with E-state index in [1.807, 2.05) is 0 Å². The highest BCUT2D eigenvalue weighted by Gasteiger charge is 2.35. The van der Waals surface area contributed by atoms with Gasteiger partial charge in [-0.05, 0) is 71.7 Å². The predicted octanol–water partition coefficient (Wildman–Crippen LogP) is 6.73. The van der Waals surface area contributed by atoms with Crippen LogP contribution in [0.25, 0.3) is 11.1 Å². The van der Waals surface area contributed by atoms with E-state index >= 15 is 0 Å². The molecule has 0 spiro atoms. The molecule has 130 valence electrons. The normalized spacial score (nSPS) is 19.5. The van der Waals surface area contributed by atoms with Crippen molar-refractivity contribution >= 4 is 5.69 Å². The molecule has 2 aromatic rings. The van der Waals surface area contributed by atoms with Gasteiger partial charge >= 0.3 is 0 Å². The number of fused-ring (bicyclic) bond motifs is 3. The molecule has 1 N–H and O–H groups in total. The molecule has 3 aliphatic carbocycles. The van der Waals surface area contributed by atoms with Gasteiger partial charge in [0, 0.05) is 16.8 Å². The molecule has 0 saturated carbocycles. The Balaban J connectivity index is 1.49. The fraction of sp³-hybridized carbons (Fsp3) is 0.280. The third-order valence-corrected chi connectivity index (χ3v) is 6.23. The van der Waals surface area contributed by atoms with Gasteiger partial charge in [-0.25, -0.2) is 0 Å². The molecule has 26 heavy (non-hydrogen) atoms. The summed E-state index contributed by atoms with van der Waals surface area (Å²) < 4.78 is 0. The first-order valence-corrected chi connectivity index (χ1v) is 9.73. The number of benzene rings is 2. The summed E-state index contributed by atoms with van der Waals surface area (Å²) in [5.41, 5.74) is 11.3. The van der Waals surface area contributed by atoms with Crippen molar-refractivity contribution in [1.29, 1.82) is 0 Å². The Labute approximate surface area is 156 Å². The summed E-state index contributed by atoms with van der Waals surface area (Å²) >= 11 is 0. The summed E-state index contributed by atoms with van der Waals surface area (Å²) in [5, 5.41) is 3.70. The van der Waals surface area contributed by atoms with Crippen LogP contribution in [0.1, 0.15) is 50.7 Å². The molecule has 0 bridgehead atoms. The molecule has 0 amide bonds. The van der Waals surface area contributed by atoms with Gasteiger partial charge < -0.3 is 5.32 Å². The van der Waals surface area contributed by atoms with Crippen LogP contribution in [0.2, 0.25) is 0 Å². The second kappa shape index (κ2) is 5.74. The first-order valence-electron chi connectivity index (χ1n) is 9.73. The van der Waals surface area contributed by atoms with Crippen molar-refractivity contribution in [1.82, 2.24) is 0 Å². The molecule has 0 unspecified atom stereocenters. The van der Waals surface area contributed by atoms with Crippen LogP contribution in [-0.4, -0.2) is 0 Å². The summed E-state index contributed by atoms with van der Waals surface area (Å²) in [6.45, 7) is 4.68. The van der Waals surface area contributed by atoms with Crippen molar-refractivity contribution in [3.63, 3.8) is 0 Å². The second-order valence-electron chi connectivity index (χ2n) is 8.23. The molecule has 0 atom stereocenters. The Morgan fingerprint density at radius 3 is 2.65 bits per heavy atom. The van der Waals surface area contributed by atoms with Crippen LogP contribution in [0.5, 0.6) is 0 Å². The number of anilines is 1. The summed E-state index contributed by atoms with van der Waals surface area (Å²) in [6, 6.07) is 15.7. The van der Waals surface area contributed by atoms with Crippen LogP contribution in [0.15, 0.2) is 77.5 Å². The van der Waals surface area contributed by atoms with Gasteiger partial charge in [-0.1, -0.05) is 61.9 Å². The number of rotatable bonds is 2. The monoisotopic (exact) mass is 339 g/mol. The first kappa shape index (κ1) is 15.7. The van der Waals surface area contributed by atoms with E-state index in [1.165, 1.54) is 58.5 Å². The predicted molar refractivity (Wildman–Crippen MR) is 110 cm³/mol. The van der Waals surface area contributed by atoms with E-state index in [-0.39, 0.29) is 5.41 Å². The third-order valence-electron chi connectivity index (χ3n) is 6.23. The molecule has 0 fully saturated rings. The molecule has 0 aromatic heterocycles. The van der Waals surface area contributed by atoms with E-state index in [0.29, 0.717) is 0 Å². The quantitative estimate of drug-likeness (QED) is 0.639. The summed E-state index contributed by atoms with van der Waals surface area (Å²) in [7, 11) is 0. The van der Waals surface area contributed by atoms with Crippen molar-refractivity contribution in [2.45, 2.75) is 44.9 Å². The van der Waals surface area contributed by atoms with Crippen LogP contribution in [0.4, 0.5) is 5.69 Å². The van der Waals surface area contributed by atoms with Crippen molar-refractivity contribution in [3.05, 3.63) is 88.7 Å². The highest BCUT2D eigenvalue weighted by Crippen LogP contribution is 2.49. The fourth-order valence-electron chi connectivity index (χ4n) is 4.76. The Kier molecular flexibility index (Phi) is 3.46. The van der Waals surface area contributed by atoms with Crippen molar-refractivity contribution in [2.75, 3.05) is 5.32 Å². The molecule has 3 aliphatic rings. The molecule has 0 heterocycles. The minimum Gasteiger partial charge on any atom is -0.359 e. The Morgan fingerprint density at radius 1 is 0.885 bits per heavy atom. The Morgan fingerprint density at radius 2 is 1.73 bits per heavy atom. The van der Waals surface area contributed by atoms with E-state index in [0.717, 1.165) is 6.42 Å². The summed E-state index contributed by atoms with van der Waals surface area (Å²) in [6.07, 6.45) is 11.7. The maximum Gasteiger partial charge on any atom is 0.0385 e. The molecule has 5 rings (SSSR count). The van der Waals surface area contributed by atoms with Crippen LogP contribution in [-0.2, 0) is 5.41 Å². The lowest BCUT2D eigenvalue weighted by atomic mass is 9.82. The summed E-state index contributed by atoms with van der Waals surface area (Å²) in [4.78, 5) is 0. The van der Waals surface area contributed by atoms with Crippen LogP contribution in [0, 0.1) is 0 Å². The van der Waals surface area contributed by atoms with Gasteiger partial charge in [0.1, 0.15) is 0 Å². The lowest BCUT2D eigenvalue weighted by Crippen LogP contribution is -2.15. The first-order chi connectivity index (χ1) is 12.6. The van der Waals surface area contributed by atoms with Crippen LogP contribution >= 0.6 is 0 Å². The lowest BCUT2D eigenvalue weighted by Gasteiger charge is -2.24. The average molecular weight is 339 g/mol. The molecule has 1 heteroatoms. The van der Waals surface area contributed by atoms with Crippen LogP contribution < -0.4 is 5.32 Å². The molecule has 0 saturated heterocycles. The highest BCUT2D eigenvalue weighted by molar-refractivity contribution is 5.82. The van der Waals surface area contributed by atoms with Gasteiger partial charge in [-0.15, -0.1) is 0 Å². The Bertz CT molecular complexity index is 985. The zero-order valence-corrected chi connectivity index (χ0v) is 15.6. The van der Waals surface area contributed by atoms with Crippen molar-refractivity contribution in [3.8, 4) is 11.1 Å². The standard InChI is InChI=1S/C25H25N/c1-25(2)23-10-6-5-9-21(23)22-14-13-20(16-24(22)25)26-19-12-11-17-7-3-4-8-18(17)15-19/h4-6,8-10,13-16,26H,3,7,11-12H2,1-2H3. The third kappa shape index (κ3) is 2.38. The molecule has 0 radical (unpaired) electrons. The number of allylic oxidation sites excluding steroid dienone is 6. The lowest BCUT2D eigenvalue weighted by molar-refractivity contribution is 0.660. The van der Waals surface area contributed by atoms with Gasteiger partial charge in [0.25, 0.3) is 0 Å². The molecular formula is C25H25N. The highest BCUT2D eigenvalue weighted by atomic mass is 14.9. The summed E-state index contributed by atoms with van der Waals surface area (Å²) in [5.74, 6) is 0. The van der Waals surface area contributed by atoms with Gasteiger partial charge in [-0.2, -0.15) is 0 Å². The van der Waals surface area contributed by atoms with E-state index < -0.39 is 0 Å².